The molecule has 0 fully saturated rings. The molecule has 1 heterocycles. The second-order valence-corrected chi connectivity index (χ2v) is 13.6. The van der Waals surface area contributed by atoms with Gasteiger partial charge in [0.05, 0.1) is 12.2 Å². The first-order valence-corrected chi connectivity index (χ1v) is 13.3. The van der Waals surface area contributed by atoms with Crippen molar-refractivity contribution in [3.8, 4) is 0 Å². The minimum atomic E-state index is -2.55. The Morgan fingerprint density at radius 1 is 0.938 bits per heavy atom. The number of nitrogens with one attached hydrogen (secondary N) is 1. The number of halogens is 2. The van der Waals surface area contributed by atoms with E-state index >= 15 is 0 Å². The summed E-state index contributed by atoms with van der Waals surface area (Å²) in [6.45, 7) is 7.68. The Hall–Kier alpha value is -1.96. The minimum absolute atomic E-state index is 0.0401. The van der Waals surface area contributed by atoms with E-state index in [1.54, 1.807) is 0 Å². The lowest BCUT2D eigenvalue weighted by Gasteiger charge is -2.43. The molecule has 0 saturated carbocycles. The van der Waals surface area contributed by atoms with E-state index in [0.717, 1.165) is 6.42 Å². The SMILES string of the molecule is CC(C)(C)[Si](OCCCNc1nc(Cl)nc(Cl)c1CO)(c1ccccc1)c1ccccc1. The lowest BCUT2D eigenvalue weighted by atomic mass is 10.2. The molecule has 2 aromatic carbocycles. The molecule has 0 aliphatic carbocycles. The monoisotopic (exact) mass is 489 g/mol. The summed E-state index contributed by atoms with van der Waals surface area (Å²) < 4.78 is 6.87. The molecule has 0 amide bonds. The normalized spacial score (nSPS) is 12.1. The Labute approximate surface area is 200 Å². The van der Waals surface area contributed by atoms with Gasteiger partial charge in [-0.15, -0.1) is 0 Å². The average Bonchev–Trinajstić information content (AvgIpc) is 2.76. The molecule has 0 bridgehead atoms. The van der Waals surface area contributed by atoms with Crippen molar-refractivity contribution < 1.29 is 9.53 Å². The first-order valence-electron chi connectivity index (χ1n) is 10.6. The van der Waals surface area contributed by atoms with E-state index in [1.165, 1.54) is 10.4 Å². The van der Waals surface area contributed by atoms with Gasteiger partial charge in [0.2, 0.25) is 5.28 Å². The molecule has 0 spiro atoms. The Kier molecular flexibility index (Phi) is 8.30. The largest absolute Gasteiger partial charge is 0.407 e. The van der Waals surface area contributed by atoms with Crippen molar-refractivity contribution in [2.45, 2.75) is 38.8 Å². The third kappa shape index (κ3) is 5.33. The lowest BCUT2D eigenvalue weighted by Crippen LogP contribution is -2.66. The maximum Gasteiger partial charge on any atom is 0.261 e. The number of rotatable bonds is 9. The quantitative estimate of drug-likeness (QED) is 0.198. The number of benzene rings is 2. The lowest BCUT2D eigenvalue weighted by molar-refractivity contribution is 0.281. The third-order valence-corrected chi connectivity index (χ3v) is 11.0. The van der Waals surface area contributed by atoms with E-state index in [9.17, 15) is 5.11 Å². The first kappa shape index (κ1) is 24.7. The van der Waals surface area contributed by atoms with Crippen LogP contribution in [0.4, 0.5) is 5.82 Å². The van der Waals surface area contributed by atoms with Crippen LogP contribution in [0.25, 0.3) is 0 Å². The van der Waals surface area contributed by atoms with Crippen LogP contribution in [0.3, 0.4) is 0 Å². The van der Waals surface area contributed by atoms with Crippen LogP contribution < -0.4 is 15.7 Å². The second kappa shape index (κ2) is 10.8. The van der Waals surface area contributed by atoms with Crippen LogP contribution in [-0.2, 0) is 11.0 Å². The van der Waals surface area contributed by atoms with Gasteiger partial charge in [0.25, 0.3) is 8.32 Å². The number of aromatic nitrogens is 2. The predicted octanol–water partition coefficient (Wildman–Crippen LogP) is 4.65. The molecular formula is C24H29Cl2N3O2Si. The topological polar surface area (TPSA) is 67.3 Å². The van der Waals surface area contributed by atoms with Gasteiger partial charge in [-0.2, -0.15) is 0 Å². The summed E-state index contributed by atoms with van der Waals surface area (Å²) >= 11 is 12.0. The minimum Gasteiger partial charge on any atom is -0.407 e. The molecule has 0 atom stereocenters. The molecule has 0 unspecified atom stereocenters. The van der Waals surface area contributed by atoms with E-state index in [-0.39, 0.29) is 22.1 Å². The van der Waals surface area contributed by atoms with E-state index in [0.29, 0.717) is 24.5 Å². The predicted molar refractivity (Wildman–Crippen MR) is 135 cm³/mol. The Morgan fingerprint density at radius 3 is 2.00 bits per heavy atom. The van der Waals surface area contributed by atoms with Crippen LogP contribution in [0.15, 0.2) is 60.7 Å². The van der Waals surface area contributed by atoms with Gasteiger partial charge in [-0.3, -0.25) is 0 Å². The van der Waals surface area contributed by atoms with Crippen molar-refractivity contribution in [2.24, 2.45) is 0 Å². The molecule has 5 nitrogen and oxygen atoms in total. The number of aliphatic hydroxyl groups is 1. The highest BCUT2D eigenvalue weighted by molar-refractivity contribution is 6.99. The zero-order chi connectivity index (χ0) is 23.2. The summed E-state index contributed by atoms with van der Waals surface area (Å²) in [4.78, 5) is 8.03. The highest BCUT2D eigenvalue weighted by atomic mass is 35.5. The smallest absolute Gasteiger partial charge is 0.261 e. The van der Waals surface area contributed by atoms with Crippen molar-refractivity contribution >= 4 is 47.7 Å². The zero-order valence-corrected chi connectivity index (χ0v) is 21.1. The van der Waals surface area contributed by atoms with Crippen LogP contribution in [-0.4, -0.2) is 36.5 Å². The fourth-order valence-electron chi connectivity index (χ4n) is 3.98. The molecule has 3 rings (SSSR count). The molecule has 0 radical (unpaired) electrons. The van der Waals surface area contributed by atoms with Gasteiger partial charge in [-0.1, -0.05) is 93.0 Å². The summed E-state index contributed by atoms with van der Waals surface area (Å²) in [5.74, 6) is 0.447. The molecule has 32 heavy (non-hydrogen) atoms. The maximum absolute atomic E-state index is 9.57. The molecule has 8 heteroatoms. The zero-order valence-electron chi connectivity index (χ0n) is 18.6. The van der Waals surface area contributed by atoms with Gasteiger partial charge in [0, 0.05) is 13.2 Å². The highest BCUT2D eigenvalue weighted by Gasteiger charge is 2.49. The average molecular weight is 491 g/mol. The summed E-state index contributed by atoms with van der Waals surface area (Å²) in [7, 11) is -2.55. The van der Waals surface area contributed by atoms with Gasteiger partial charge < -0.3 is 14.8 Å². The van der Waals surface area contributed by atoms with E-state index in [4.69, 9.17) is 27.6 Å². The number of aliphatic hydroxyl groups excluding tert-OH is 1. The summed E-state index contributed by atoms with van der Waals surface area (Å²) in [5, 5.41) is 15.4. The highest BCUT2D eigenvalue weighted by Crippen LogP contribution is 2.36. The third-order valence-electron chi connectivity index (χ3n) is 5.44. The van der Waals surface area contributed by atoms with Crippen LogP contribution in [0.1, 0.15) is 32.8 Å². The van der Waals surface area contributed by atoms with Gasteiger partial charge in [-0.05, 0) is 33.4 Å². The second-order valence-electron chi connectivity index (χ2n) is 8.56. The molecule has 2 N–H and O–H groups in total. The standard InChI is InChI=1S/C24H29Cl2N3O2Si/c1-24(2,3)32(18-11-6-4-7-12-18,19-13-8-5-9-14-19)31-16-10-15-27-22-20(17-30)21(25)28-23(26)29-22/h4-9,11-14,30H,10,15-17H2,1-3H3,(H,27,28,29). The Morgan fingerprint density at radius 2 is 1.50 bits per heavy atom. The van der Waals surface area contributed by atoms with E-state index in [1.807, 2.05) is 12.1 Å². The first-order chi connectivity index (χ1) is 15.3. The van der Waals surface area contributed by atoms with Crippen LogP contribution in [0.2, 0.25) is 15.5 Å². The van der Waals surface area contributed by atoms with Gasteiger partial charge in [-0.25, -0.2) is 9.97 Å². The van der Waals surface area contributed by atoms with Crippen molar-refractivity contribution in [2.75, 3.05) is 18.5 Å². The van der Waals surface area contributed by atoms with Crippen LogP contribution in [0, 0.1) is 0 Å². The fraction of sp³-hybridized carbons (Fsp3) is 0.333. The van der Waals surface area contributed by atoms with Crippen molar-refractivity contribution in [3.63, 3.8) is 0 Å². The molecule has 3 aromatic rings. The molecule has 0 aliphatic rings. The van der Waals surface area contributed by atoms with Crippen molar-refractivity contribution in [3.05, 3.63) is 76.7 Å². The fourth-order valence-corrected chi connectivity index (χ4v) is 9.03. The van der Waals surface area contributed by atoms with Gasteiger partial charge >= 0.3 is 0 Å². The van der Waals surface area contributed by atoms with Crippen molar-refractivity contribution in [1.29, 1.82) is 0 Å². The van der Waals surface area contributed by atoms with E-state index < -0.39 is 8.32 Å². The number of nitrogens with zero attached hydrogens (tertiary/aromatic N) is 2. The number of anilines is 1. The molecular weight excluding hydrogens is 461 g/mol. The van der Waals surface area contributed by atoms with Crippen LogP contribution >= 0.6 is 23.2 Å². The Balaban J connectivity index is 1.79. The molecule has 0 saturated heterocycles. The summed E-state index contributed by atoms with van der Waals surface area (Å²) in [5.41, 5.74) is 0.434. The van der Waals surface area contributed by atoms with Crippen molar-refractivity contribution in [1.82, 2.24) is 9.97 Å². The number of hydrogen-bond donors (Lipinski definition) is 2. The van der Waals surface area contributed by atoms with E-state index in [2.05, 4.69) is 84.6 Å². The summed E-state index contributed by atoms with van der Waals surface area (Å²) in [6.07, 6.45) is 0.745. The maximum atomic E-state index is 9.57. The molecule has 170 valence electrons. The number of hydrogen-bond acceptors (Lipinski definition) is 5. The van der Waals surface area contributed by atoms with Gasteiger partial charge in [0.1, 0.15) is 11.0 Å². The van der Waals surface area contributed by atoms with Gasteiger partial charge in [0.15, 0.2) is 0 Å². The Bertz CT molecular complexity index is 976. The summed E-state index contributed by atoms with van der Waals surface area (Å²) in [6, 6.07) is 21.1. The molecule has 1 aromatic heterocycles. The van der Waals surface area contributed by atoms with Crippen LogP contribution in [0.5, 0.6) is 0 Å². The molecule has 0 aliphatic heterocycles.